The van der Waals surface area contributed by atoms with E-state index in [9.17, 15) is 14.4 Å². The third-order valence-corrected chi connectivity index (χ3v) is 3.77. The summed E-state index contributed by atoms with van der Waals surface area (Å²) < 4.78 is 0. The Morgan fingerprint density at radius 2 is 1.12 bits per heavy atom. The van der Waals surface area contributed by atoms with Gasteiger partial charge in [0, 0.05) is 0 Å². The van der Waals surface area contributed by atoms with Gasteiger partial charge in [0.05, 0.1) is 6.04 Å². The summed E-state index contributed by atoms with van der Waals surface area (Å²) in [6, 6.07) is -2.15. The highest BCUT2D eigenvalue weighted by Gasteiger charge is 2.28. The van der Waals surface area contributed by atoms with Crippen molar-refractivity contribution in [2.75, 3.05) is 0 Å². The average Bonchev–Trinajstić information content (AvgIpc) is 2.43. The van der Waals surface area contributed by atoms with Crippen LogP contribution in [0.5, 0.6) is 0 Å². The van der Waals surface area contributed by atoms with Crippen LogP contribution >= 0.6 is 0 Å². The zero-order valence-corrected chi connectivity index (χ0v) is 16.5. The number of hydrogen-bond donors (Lipinski definition) is 4. The van der Waals surface area contributed by atoms with Crippen LogP contribution in [0.1, 0.15) is 60.8 Å². The first kappa shape index (κ1) is 23.4. The van der Waals surface area contributed by atoms with Crippen molar-refractivity contribution < 1.29 is 14.4 Å². The molecule has 0 spiro atoms. The second kappa shape index (κ2) is 11.1. The Hall–Kier alpha value is -1.63. The van der Waals surface area contributed by atoms with Crippen molar-refractivity contribution in [1.82, 2.24) is 10.6 Å². The lowest BCUT2D eigenvalue weighted by Gasteiger charge is -2.25. The minimum absolute atomic E-state index is 0.189. The molecule has 25 heavy (non-hydrogen) atoms. The lowest BCUT2D eigenvalue weighted by Crippen LogP contribution is -2.55. The molecule has 0 radical (unpaired) electrons. The number of carbonyl (C=O) groups excluding carboxylic acids is 3. The third-order valence-electron chi connectivity index (χ3n) is 3.77. The molecule has 0 aliphatic carbocycles. The number of rotatable bonds is 11. The minimum Gasteiger partial charge on any atom is -0.368 e. The van der Waals surface area contributed by atoms with Crippen molar-refractivity contribution in [1.29, 1.82) is 0 Å². The van der Waals surface area contributed by atoms with Gasteiger partial charge < -0.3 is 22.1 Å². The van der Waals surface area contributed by atoms with Gasteiger partial charge in [-0.2, -0.15) is 0 Å². The summed E-state index contributed by atoms with van der Waals surface area (Å²) in [5.74, 6) is -0.654. The fraction of sp³-hybridized carbons (Fsp3) is 0.833. The van der Waals surface area contributed by atoms with Gasteiger partial charge in [-0.1, -0.05) is 41.5 Å². The van der Waals surface area contributed by atoms with Crippen LogP contribution in [0, 0.1) is 17.8 Å². The summed E-state index contributed by atoms with van der Waals surface area (Å²) in [4.78, 5) is 36.4. The van der Waals surface area contributed by atoms with Crippen LogP contribution in [0.4, 0.5) is 0 Å². The molecule has 0 bridgehead atoms. The van der Waals surface area contributed by atoms with E-state index >= 15 is 0 Å². The van der Waals surface area contributed by atoms with Crippen molar-refractivity contribution in [3.8, 4) is 0 Å². The standard InChI is InChI=1S/C18H36N4O3/c1-10(2)7-13(19)17(24)22-15(9-12(5)6)18(25)21-14(16(20)23)8-11(3)4/h10-15H,7-9,19H2,1-6H3,(H2,20,23)(H,21,25)(H,22,24)/t13-,14-,15-/m0/s1. The monoisotopic (exact) mass is 356 g/mol. The summed E-state index contributed by atoms with van der Waals surface area (Å²) in [7, 11) is 0. The van der Waals surface area contributed by atoms with Gasteiger partial charge in [0.1, 0.15) is 12.1 Å². The lowest BCUT2D eigenvalue weighted by atomic mass is 9.99. The largest absolute Gasteiger partial charge is 0.368 e. The van der Waals surface area contributed by atoms with E-state index in [1.807, 2.05) is 41.5 Å². The van der Waals surface area contributed by atoms with Gasteiger partial charge in [-0.3, -0.25) is 14.4 Å². The smallest absolute Gasteiger partial charge is 0.243 e. The lowest BCUT2D eigenvalue weighted by molar-refractivity contribution is -0.132. The Labute approximate surface area is 151 Å². The molecule has 0 fully saturated rings. The predicted molar refractivity (Wildman–Crippen MR) is 99.4 cm³/mol. The molecule has 7 nitrogen and oxygen atoms in total. The van der Waals surface area contributed by atoms with E-state index in [0.717, 1.165) is 0 Å². The first-order valence-corrected chi connectivity index (χ1v) is 9.09. The Morgan fingerprint density at radius 1 is 0.720 bits per heavy atom. The number of carbonyl (C=O) groups is 3. The third kappa shape index (κ3) is 10.1. The van der Waals surface area contributed by atoms with E-state index in [1.165, 1.54) is 0 Å². The first-order chi connectivity index (χ1) is 11.4. The van der Waals surface area contributed by atoms with Gasteiger partial charge in [0.25, 0.3) is 0 Å². The van der Waals surface area contributed by atoms with Gasteiger partial charge in [-0.15, -0.1) is 0 Å². The topological polar surface area (TPSA) is 127 Å². The molecule has 3 atom stereocenters. The Balaban J connectivity index is 5.02. The number of nitrogens with two attached hydrogens (primary N) is 2. The van der Waals surface area contributed by atoms with E-state index in [4.69, 9.17) is 11.5 Å². The quantitative estimate of drug-likeness (QED) is 0.438. The number of primary amides is 1. The van der Waals surface area contributed by atoms with Gasteiger partial charge in [0.2, 0.25) is 17.7 Å². The molecule has 0 saturated heterocycles. The van der Waals surface area contributed by atoms with Crippen molar-refractivity contribution in [3.05, 3.63) is 0 Å². The Bertz CT molecular complexity index is 450. The van der Waals surface area contributed by atoms with E-state index in [1.54, 1.807) is 0 Å². The normalized spacial score (nSPS) is 15.1. The molecular weight excluding hydrogens is 320 g/mol. The molecule has 0 aromatic heterocycles. The summed E-state index contributed by atoms with van der Waals surface area (Å²) >= 11 is 0. The molecule has 0 aromatic carbocycles. The Morgan fingerprint density at radius 3 is 1.52 bits per heavy atom. The second-order valence-corrected chi connectivity index (χ2v) is 8.02. The molecule has 3 amide bonds. The molecule has 6 N–H and O–H groups in total. The molecular formula is C18H36N4O3. The van der Waals surface area contributed by atoms with Crippen molar-refractivity contribution in [2.24, 2.45) is 29.2 Å². The first-order valence-electron chi connectivity index (χ1n) is 9.09. The van der Waals surface area contributed by atoms with Crippen LogP contribution in [0.2, 0.25) is 0 Å². The van der Waals surface area contributed by atoms with Crippen LogP contribution in [-0.2, 0) is 14.4 Å². The minimum atomic E-state index is -0.747. The Kier molecular flexibility index (Phi) is 10.4. The van der Waals surface area contributed by atoms with E-state index in [-0.39, 0.29) is 23.7 Å². The summed E-state index contributed by atoms with van der Waals surface area (Å²) in [5.41, 5.74) is 11.3. The van der Waals surface area contributed by atoms with Crippen LogP contribution in [0.3, 0.4) is 0 Å². The van der Waals surface area contributed by atoms with Crippen molar-refractivity contribution in [2.45, 2.75) is 78.9 Å². The second-order valence-electron chi connectivity index (χ2n) is 8.02. The number of amides is 3. The maximum absolute atomic E-state index is 12.6. The molecule has 0 heterocycles. The fourth-order valence-electron chi connectivity index (χ4n) is 2.59. The van der Waals surface area contributed by atoms with Crippen molar-refractivity contribution in [3.63, 3.8) is 0 Å². The zero-order chi connectivity index (χ0) is 19.7. The highest BCUT2D eigenvalue weighted by Crippen LogP contribution is 2.09. The molecule has 0 saturated carbocycles. The predicted octanol–water partition coefficient (Wildman–Crippen LogP) is 0.907. The van der Waals surface area contributed by atoms with Crippen molar-refractivity contribution >= 4 is 17.7 Å². The summed E-state index contributed by atoms with van der Waals surface area (Å²) in [6.45, 7) is 11.8. The highest BCUT2D eigenvalue weighted by molar-refractivity contribution is 5.92. The number of nitrogens with one attached hydrogen (secondary N) is 2. The molecule has 7 heteroatoms. The maximum atomic E-state index is 12.6. The van der Waals surface area contributed by atoms with Crippen LogP contribution in [0.15, 0.2) is 0 Å². The summed E-state index contributed by atoms with van der Waals surface area (Å²) in [5, 5.41) is 5.39. The molecule has 0 aromatic rings. The maximum Gasteiger partial charge on any atom is 0.243 e. The van der Waals surface area contributed by atoms with Crippen LogP contribution < -0.4 is 22.1 Å². The zero-order valence-electron chi connectivity index (χ0n) is 16.5. The average molecular weight is 357 g/mol. The highest BCUT2D eigenvalue weighted by atomic mass is 16.2. The van der Waals surface area contributed by atoms with Gasteiger partial charge in [-0.05, 0) is 37.0 Å². The summed E-state index contributed by atoms with van der Waals surface area (Å²) in [6.07, 6.45) is 1.45. The van der Waals surface area contributed by atoms with E-state index in [0.29, 0.717) is 19.3 Å². The van der Waals surface area contributed by atoms with Crippen LogP contribution in [0.25, 0.3) is 0 Å². The van der Waals surface area contributed by atoms with Crippen LogP contribution in [-0.4, -0.2) is 35.8 Å². The molecule has 0 aliphatic heterocycles. The molecule has 0 unspecified atom stereocenters. The molecule has 146 valence electrons. The fourth-order valence-corrected chi connectivity index (χ4v) is 2.59. The molecule has 0 rings (SSSR count). The number of hydrogen-bond acceptors (Lipinski definition) is 4. The van der Waals surface area contributed by atoms with E-state index in [2.05, 4.69) is 10.6 Å². The SMILES string of the molecule is CC(C)C[C@H](NC(=O)[C@H](CC(C)C)NC(=O)[C@@H](N)CC(C)C)C(N)=O. The van der Waals surface area contributed by atoms with Gasteiger partial charge in [0.15, 0.2) is 0 Å². The van der Waals surface area contributed by atoms with Gasteiger partial charge >= 0.3 is 0 Å². The van der Waals surface area contributed by atoms with E-state index < -0.39 is 29.9 Å². The van der Waals surface area contributed by atoms with Gasteiger partial charge in [-0.25, -0.2) is 0 Å². The molecule has 0 aliphatic rings.